The molecule has 0 aliphatic heterocycles. The number of aromatic nitrogens is 2. The molecule has 0 unspecified atom stereocenters. The van der Waals surface area contributed by atoms with Crippen molar-refractivity contribution in [1.82, 2.24) is 9.97 Å². The van der Waals surface area contributed by atoms with E-state index in [2.05, 4.69) is 20.0 Å². The average molecular weight is 370 g/mol. The fourth-order valence-electron chi connectivity index (χ4n) is 2.03. The Bertz CT molecular complexity index is 888. The molecule has 0 saturated carbocycles. The second kappa shape index (κ2) is 7.51. The average Bonchev–Trinajstić information content (AvgIpc) is 2.47. The van der Waals surface area contributed by atoms with Gasteiger partial charge in [-0.2, -0.15) is 0 Å². The minimum absolute atomic E-state index is 0.107. The zero-order valence-electron chi connectivity index (χ0n) is 13.5. The molecule has 0 spiro atoms. The van der Waals surface area contributed by atoms with Gasteiger partial charge in [-0.15, -0.1) is 0 Å². The van der Waals surface area contributed by atoms with Crippen LogP contribution in [0, 0.1) is 6.92 Å². The number of pyridine rings is 2. The number of rotatable bonds is 6. The highest BCUT2D eigenvalue weighted by Gasteiger charge is 2.19. The van der Waals surface area contributed by atoms with Crippen molar-refractivity contribution in [2.75, 3.05) is 15.8 Å². The quantitative estimate of drug-likeness (QED) is 0.813. The first-order valence-electron chi connectivity index (χ1n) is 7.15. The number of aryl methyl sites for hydroxylation is 1. The van der Waals surface area contributed by atoms with Crippen molar-refractivity contribution < 1.29 is 22.0 Å². The van der Waals surface area contributed by atoms with Crippen molar-refractivity contribution in [2.24, 2.45) is 0 Å². The van der Waals surface area contributed by atoms with E-state index in [9.17, 15) is 22.0 Å². The first kappa shape index (κ1) is 18.7. The predicted molar refractivity (Wildman–Crippen MR) is 89.9 cm³/mol. The van der Waals surface area contributed by atoms with Crippen molar-refractivity contribution >= 4 is 27.4 Å². The number of nitrogens with zero attached hydrogens (tertiary/aromatic N) is 2. The second-order valence-electron chi connectivity index (χ2n) is 5.24. The molecule has 7 nitrogen and oxygen atoms in total. The summed E-state index contributed by atoms with van der Waals surface area (Å²) in [6.07, 6.45) is 0.00294. The summed E-state index contributed by atoms with van der Waals surface area (Å²) in [7, 11) is -4.19. The highest BCUT2D eigenvalue weighted by Crippen LogP contribution is 2.25. The third-order valence-electron chi connectivity index (χ3n) is 3.10. The molecule has 0 saturated heterocycles. The highest BCUT2D eigenvalue weighted by atomic mass is 32.2. The van der Waals surface area contributed by atoms with Crippen molar-refractivity contribution in [3.8, 4) is 11.1 Å². The van der Waals surface area contributed by atoms with E-state index >= 15 is 0 Å². The van der Waals surface area contributed by atoms with E-state index in [1.165, 1.54) is 25.4 Å². The molecule has 10 heteroatoms. The van der Waals surface area contributed by atoms with Crippen LogP contribution in [-0.2, 0) is 14.8 Å². The Labute approximate surface area is 143 Å². The maximum atomic E-state index is 12.4. The Morgan fingerprint density at radius 3 is 2.60 bits per heavy atom. The molecule has 134 valence electrons. The Hall–Kier alpha value is -2.62. The molecule has 0 aliphatic rings. The smallest absolute Gasteiger partial charge is 0.254 e. The maximum absolute atomic E-state index is 12.4. The molecule has 0 radical (unpaired) electrons. The van der Waals surface area contributed by atoms with Gasteiger partial charge < -0.3 is 5.32 Å². The van der Waals surface area contributed by atoms with Crippen LogP contribution in [0.3, 0.4) is 0 Å². The number of hydrogen-bond donors (Lipinski definition) is 2. The van der Waals surface area contributed by atoms with Crippen LogP contribution in [0.1, 0.15) is 12.6 Å². The van der Waals surface area contributed by atoms with Gasteiger partial charge in [-0.05, 0) is 30.7 Å². The van der Waals surface area contributed by atoms with Gasteiger partial charge in [0, 0.05) is 24.9 Å². The fraction of sp³-hybridized carbons (Fsp3) is 0.267. The minimum Gasteiger partial charge on any atom is -0.311 e. The van der Waals surface area contributed by atoms with E-state index in [-0.39, 0.29) is 11.6 Å². The molecule has 2 N–H and O–H groups in total. The molecule has 2 rings (SSSR count). The van der Waals surface area contributed by atoms with Gasteiger partial charge >= 0.3 is 0 Å². The number of hydrogen-bond acceptors (Lipinski definition) is 5. The van der Waals surface area contributed by atoms with Crippen LogP contribution < -0.4 is 10.0 Å². The Morgan fingerprint density at radius 2 is 1.96 bits per heavy atom. The molecule has 0 bridgehead atoms. The van der Waals surface area contributed by atoms with E-state index in [4.69, 9.17) is 0 Å². The second-order valence-corrected chi connectivity index (χ2v) is 7.01. The van der Waals surface area contributed by atoms with Crippen LogP contribution in [0.25, 0.3) is 11.1 Å². The third-order valence-corrected chi connectivity index (χ3v) is 4.32. The number of nitrogens with one attached hydrogen (secondary N) is 2. The van der Waals surface area contributed by atoms with Gasteiger partial charge in [-0.1, -0.05) is 0 Å². The van der Waals surface area contributed by atoms with E-state index < -0.39 is 22.2 Å². The number of alkyl halides is 2. The van der Waals surface area contributed by atoms with Crippen LogP contribution in [-0.4, -0.2) is 36.5 Å². The zero-order valence-corrected chi connectivity index (χ0v) is 14.3. The minimum atomic E-state index is -4.19. The van der Waals surface area contributed by atoms with Gasteiger partial charge in [0.1, 0.15) is 11.6 Å². The van der Waals surface area contributed by atoms with Gasteiger partial charge in [0.05, 0.1) is 11.4 Å². The van der Waals surface area contributed by atoms with E-state index in [0.29, 0.717) is 22.6 Å². The van der Waals surface area contributed by atoms with Crippen LogP contribution in [0.2, 0.25) is 0 Å². The Morgan fingerprint density at radius 1 is 1.24 bits per heavy atom. The molecule has 2 heterocycles. The summed E-state index contributed by atoms with van der Waals surface area (Å²) in [4.78, 5) is 19.2. The number of carbonyl (C=O) groups excluding carboxylic acids is 1. The lowest BCUT2D eigenvalue weighted by Gasteiger charge is -2.12. The van der Waals surface area contributed by atoms with Crippen molar-refractivity contribution in [1.29, 1.82) is 0 Å². The monoisotopic (exact) mass is 370 g/mol. The molecule has 2 aromatic heterocycles. The number of carbonyl (C=O) groups is 1. The predicted octanol–water partition coefficient (Wildman–Crippen LogP) is 2.42. The molecule has 2 aromatic rings. The van der Waals surface area contributed by atoms with Crippen LogP contribution in [0.4, 0.5) is 20.3 Å². The van der Waals surface area contributed by atoms with Gasteiger partial charge in [-0.25, -0.2) is 22.2 Å². The van der Waals surface area contributed by atoms with Crippen LogP contribution >= 0.6 is 0 Å². The van der Waals surface area contributed by atoms with Crippen molar-refractivity contribution in [2.45, 2.75) is 20.3 Å². The summed E-state index contributed by atoms with van der Waals surface area (Å²) in [5.74, 6) is -1.25. The molecular weight excluding hydrogens is 354 g/mol. The molecule has 0 aliphatic carbocycles. The lowest BCUT2D eigenvalue weighted by molar-refractivity contribution is -0.114. The molecule has 0 fully saturated rings. The van der Waals surface area contributed by atoms with Crippen molar-refractivity contribution in [3.05, 3.63) is 36.3 Å². The third kappa shape index (κ3) is 5.45. The Balaban J connectivity index is 2.34. The number of amides is 1. The lowest BCUT2D eigenvalue weighted by Crippen LogP contribution is -2.22. The summed E-state index contributed by atoms with van der Waals surface area (Å²) < 4.78 is 50.2. The summed E-state index contributed by atoms with van der Waals surface area (Å²) in [5.41, 5.74) is 1.61. The van der Waals surface area contributed by atoms with Gasteiger partial charge in [0.15, 0.2) is 0 Å². The maximum Gasteiger partial charge on any atom is 0.254 e. The summed E-state index contributed by atoms with van der Waals surface area (Å²) in [6.45, 7) is 2.90. The SMILES string of the molecule is CC(=O)Nc1cc(-c2cnc(C)c(NS(=O)(=O)CC(F)F)c2)ccn1. The van der Waals surface area contributed by atoms with Crippen molar-refractivity contribution in [3.63, 3.8) is 0 Å². The van der Waals surface area contributed by atoms with E-state index in [1.54, 1.807) is 19.1 Å². The number of sulfonamides is 1. The molecular formula is C15H16F2N4O3S. The summed E-state index contributed by atoms with van der Waals surface area (Å²) >= 11 is 0. The summed E-state index contributed by atoms with van der Waals surface area (Å²) in [6, 6.07) is 4.72. The Kier molecular flexibility index (Phi) is 5.62. The summed E-state index contributed by atoms with van der Waals surface area (Å²) in [5, 5.41) is 2.54. The zero-order chi connectivity index (χ0) is 18.6. The highest BCUT2D eigenvalue weighted by molar-refractivity contribution is 7.92. The molecule has 0 atom stereocenters. The topological polar surface area (TPSA) is 101 Å². The van der Waals surface area contributed by atoms with Crippen LogP contribution in [0.5, 0.6) is 0 Å². The lowest BCUT2D eigenvalue weighted by atomic mass is 10.1. The largest absolute Gasteiger partial charge is 0.311 e. The first-order valence-corrected chi connectivity index (χ1v) is 8.81. The molecule has 1 amide bonds. The molecule has 0 aromatic carbocycles. The first-order chi connectivity index (χ1) is 11.7. The van der Waals surface area contributed by atoms with Gasteiger partial charge in [-0.3, -0.25) is 14.5 Å². The van der Waals surface area contributed by atoms with Gasteiger partial charge in [0.25, 0.3) is 6.43 Å². The fourth-order valence-corrected chi connectivity index (χ4v) is 2.98. The standard InChI is InChI=1S/C15H16F2N4O3S/c1-9-13(21-25(23,24)8-14(16)17)5-12(7-19-9)11-3-4-18-15(6-11)20-10(2)22/h3-7,14,21H,8H2,1-2H3,(H,18,20,22). The van der Waals surface area contributed by atoms with E-state index in [1.807, 2.05) is 0 Å². The van der Waals surface area contributed by atoms with E-state index in [0.717, 1.165) is 0 Å². The number of halogens is 2. The normalized spacial score (nSPS) is 11.4. The number of anilines is 2. The molecule has 25 heavy (non-hydrogen) atoms. The van der Waals surface area contributed by atoms with Gasteiger partial charge in [0.2, 0.25) is 15.9 Å². The van der Waals surface area contributed by atoms with Crippen LogP contribution in [0.15, 0.2) is 30.6 Å².